The van der Waals surface area contributed by atoms with Crippen molar-refractivity contribution < 1.29 is 9.63 Å². The molecule has 1 aromatic carbocycles. The van der Waals surface area contributed by atoms with Crippen molar-refractivity contribution in [2.24, 2.45) is 5.16 Å². The van der Waals surface area contributed by atoms with E-state index in [1.54, 1.807) is 4.90 Å². The Morgan fingerprint density at radius 1 is 1.32 bits per heavy atom. The molecule has 0 aromatic heterocycles. The molecule has 0 heterocycles. The number of oxime groups is 1. The van der Waals surface area contributed by atoms with Gasteiger partial charge in [0, 0.05) is 3.57 Å². The summed E-state index contributed by atoms with van der Waals surface area (Å²) in [6.45, 7) is 7.90. The molecule has 0 radical (unpaired) electrons. The molecule has 0 atom stereocenters. The van der Waals surface area contributed by atoms with Gasteiger partial charge in [0.05, 0.1) is 11.4 Å². The van der Waals surface area contributed by atoms with Gasteiger partial charge in [0.1, 0.15) is 5.88 Å². The van der Waals surface area contributed by atoms with E-state index in [-0.39, 0.29) is 18.5 Å². The molecule has 0 saturated carbocycles. The number of aryl methyl sites for hydroxylation is 1. The number of carbonyl (C=O) groups is 1. The molecule has 1 aromatic rings. The van der Waals surface area contributed by atoms with Crippen molar-refractivity contribution in [1.29, 1.82) is 0 Å². The van der Waals surface area contributed by atoms with Crippen LogP contribution in [0, 0.1) is 3.57 Å². The van der Waals surface area contributed by atoms with Crippen molar-refractivity contribution in [3.05, 3.63) is 26.8 Å². The van der Waals surface area contributed by atoms with E-state index < -0.39 is 0 Å². The first kappa shape index (κ1) is 19.2. The van der Waals surface area contributed by atoms with Crippen molar-refractivity contribution in [1.82, 2.24) is 0 Å². The average Bonchev–Trinajstić information content (AvgIpc) is 2.50. The monoisotopic (exact) mass is 436 g/mol. The third-order valence-corrected chi connectivity index (χ3v) is 4.40. The summed E-state index contributed by atoms with van der Waals surface area (Å²) in [5, 5.41) is 3.92. The number of halogens is 2. The van der Waals surface area contributed by atoms with E-state index in [4.69, 9.17) is 16.4 Å². The first-order valence-electron chi connectivity index (χ1n) is 7.25. The van der Waals surface area contributed by atoms with Gasteiger partial charge < -0.3 is 4.84 Å². The average molecular weight is 437 g/mol. The molecule has 122 valence electrons. The van der Waals surface area contributed by atoms with Crippen molar-refractivity contribution in [3.8, 4) is 0 Å². The zero-order valence-corrected chi connectivity index (χ0v) is 16.4. The van der Waals surface area contributed by atoms with Crippen LogP contribution in [0.3, 0.4) is 0 Å². The minimum Gasteiger partial charge on any atom is -0.374 e. The number of nitrogens with zero attached hydrogens (tertiary/aromatic N) is 2. The fraction of sp³-hybridized carbons (Fsp3) is 0.500. The van der Waals surface area contributed by atoms with Gasteiger partial charge in [0.25, 0.3) is 0 Å². The number of hydrogen-bond acceptors (Lipinski definition) is 3. The van der Waals surface area contributed by atoms with E-state index in [1.807, 2.05) is 13.8 Å². The number of anilines is 1. The van der Waals surface area contributed by atoms with Crippen LogP contribution in [-0.4, -0.2) is 24.2 Å². The smallest absolute Gasteiger partial charge is 0.244 e. The van der Waals surface area contributed by atoms with Crippen LogP contribution in [0.5, 0.6) is 0 Å². The molecule has 22 heavy (non-hydrogen) atoms. The number of rotatable bonds is 7. The molecule has 0 bridgehead atoms. The highest BCUT2D eigenvalue weighted by Gasteiger charge is 2.22. The van der Waals surface area contributed by atoms with Crippen LogP contribution in [0.25, 0.3) is 0 Å². The molecule has 0 aliphatic rings. The van der Waals surface area contributed by atoms with Crippen molar-refractivity contribution in [2.45, 2.75) is 40.5 Å². The van der Waals surface area contributed by atoms with Crippen LogP contribution in [0.1, 0.15) is 38.8 Å². The second-order valence-electron chi connectivity index (χ2n) is 4.99. The molecular formula is C16H22ClIN2O2. The Hall–Kier alpha value is -0.820. The van der Waals surface area contributed by atoms with Gasteiger partial charge in [0.15, 0.2) is 6.73 Å². The van der Waals surface area contributed by atoms with Crippen molar-refractivity contribution in [3.63, 3.8) is 0 Å². The van der Waals surface area contributed by atoms with Crippen molar-refractivity contribution in [2.75, 3.05) is 17.5 Å². The normalized spacial score (nSPS) is 10.3. The van der Waals surface area contributed by atoms with Gasteiger partial charge in [-0.2, -0.15) is 0 Å². The Kier molecular flexibility index (Phi) is 8.17. The van der Waals surface area contributed by atoms with Crippen molar-refractivity contribution >= 4 is 51.5 Å². The molecule has 0 aliphatic heterocycles. The van der Waals surface area contributed by atoms with Gasteiger partial charge >= 0.3 is 0 Å². The van der Waals surface area contributed by atoms with Crippen LogP contribution >= 0.6 is 34.2 Å². The molecule has 1 amide bonds. The molecule has 1 rings (SSSR count). The van der Waals surface area contributed by atoms with Gasteiger partial charge in [-0.15, -0.1) is 11.6 Å². The van der Waals surface area contributed by atoms with Gasteiger partial charge in [-0.3, -0.25) is 9.69 Å². The molecule has 0 fully saturated rings. The fourth-order valence-corrected chi connectivity index (χ4v) is 3.13. The lowest BCUT2D eigenvalue weighted by atomic mass is 10.0. The number of benzene rings is 1. The van der Waals surface area contributed by atoms with Gasteiger partial charge in [-0.25, -0.2) is 0 Å². The molecule has 0 N–H and O–H groups in total. The lowest BCUT2D eigenvalue weighted by molar-refractivity contribution is -0.117. The Morgan fingerprint density at radius 2 is 2.00 bits per heavy atom. The summed E-state index contributed by atoms with van der Waals surface area (Å²) >= 11 is 8.08. The van der Waals surface area contributed by atoms with Gasteiger partial charge in [0.2, 0.25) is 5.91 Å². The van der Waals surface area contributed by atoms with E-state index in [1.165, 1.54) is 0 Å². The molecule has 0 unspecified atom stereocenters. The van der Waals surface area contributed by atoms with Crippen LogP contribution in [0.2, 0.25) is 0 Å². The van der Waals surface area contributed by atoms with Gasteiger partial charge in [-0.1, -0.05) is 25.1 Å². The Labute approximate surface area is 151 Å². The summed E-state index contributed by atoms with van der Waals surface area (Å²) in [5.41, 5.74) is 3.95. The third-order valence-electron chi connectivity index (χ3n) is 3.16. The maximum absolute atomic E-state index is 12.3. The minimum atomic E-state index is -0.183. The quantitative estimate of drug-likeness (QED) is 0.210. The summed E-state index contributed by atoms with van der Waals surface area (Å²) in [6.07, 6.45) is 1.67. The summed E-state index contributed by atoms with van der Waals surface area (Å²) in [7, 11) is 0. The summed E-state index contributed by atoms with van der Waals surface area (Å²) < 4.78 is 1.13. The molecule has 0 spiro atoms. The maximum atomic E-state index is 12.3. The summed E-state index contributed by atoms with van der Waals surface area (Å²) in [6, 6.07) is 4.14. The van der Waals surface area contributed by atoms with E-state index in [9.17, 15) is 4.79 Å². The Balaban J connectivity index is 3.31. The van der Waals surface area contributed by atoms with E-state index in [0.717, 1.165) is 38.9 Å². The lowest BCUT2D eigenvalue weighted by Gasteiger charge is -2.26. The zero-order valence-electron chi connectivity index (χ0n) is 13.4. The van der Waals surface area contributed by atoms with Crippen LogP contribution in [-0.2, 0) is 22.5 Å². The summed E-state index contributed by atoms with van der Waals surface area (Å²) in [5.74, 6) is -0.271. The van der Waals surface area contributed by atoms with Crippen LogP contribution in [0.15, 0.2) is 17.3 Å². The fourth-order valence-electron chi connectivity index (χ4n) is 2.17. The Morgan fingerprint density at radius 3 is 2.50 bits per heavy atom. The highest BCUT2D eigenvalue weighted by atomic mass is 127. The molecule has 4 nitrogen and oxygen atoms in total. The highest BCUT2D eigenvalue weighted by Crippen LogP contribution is 2.31. The first-order valence-corrected chi connectivity index (χ1v) is 8.87. The summed E-state index contributed by atoms with van der Waals surface area (Å²) in [4.78, 5) is 19.2. The van der Waals surface area contributed by atoms with E-state index >= 15 is 0 Å². The number of hydrogen-bond donors (Lipinski definition) is 0. The predicted molar refractivity (Wildman–Crippen MR) is 101 cm³/mol. The SMILES string of the molecule is CCc1ccc(I)c(CC)c1N(CON=C(C)C)C(=O)CCl. The predicted octanol–water partition coefficient (Wildman–Crippen LogP) is 4.36. The highest BCUT2D eigenvalue weighted by molar-refractivity contribution is 14.1. The number of amides is 1. The standard InChI is InChI=1S/C16H22ClIN2O2/c1-5-12-7-8-14(18)13(6-2)16(12)20(15(21)9-17)10-22-19-11(3)4/h7-8H,5-6,9-10H2,1-4H3. The van der Waals surface area contributed by atoms with Gasteiger partial charge in [-0.05, 0) is 66.5 Å². The largest absolute Gasteiger partial charge is 0.374 e. The second kappa shape index (κ2) is 9.35. The topological polar surface area (TPSA) is 41.9 Å². The van der Waals surface area contributed by atoms with Crippen LogP contribution < -0.4 is 4.90 Å². The second-order valence-corrected chi connectivity index (χ2v) is 6.42. The molecule has 0 saturated heterocycles. The lowest BCUT2D eigenvalue weighted by Crippen LogP contribution is -2.35. The first-order chi connectivity index (χ1) is 10.5. The maximum Gasteiger partial charge on any atom is 0.244 e. The molecule has 0 aliphatic carbocycles. The zero-order chi connectivity index (χ0) is 16.7. The molecular weight excluding hydrogens is 415 g/mol. The van der Waals surface area contributed by atoms with Crippen LogP contribution in [0.4, 0.5) is 5.69 Å². The molecule has 6 heteroatoms. The third kappa shape index (κ3) is 4.84. The number of alkyl halides is 1. The number of carbonyl (C=O) groups excluding carboxylic acids is 1. The van der Waals surface area contributed by atoms with E-state index in [0.29, 0.717) is 0 Å². The Bertz CT molecular complexity index is 557. The minimum absolute atomic E-state index is 0.0663. The van der Waals surface area contributed by atoms with E-state index in [2.05, 4.69) is 53.7 Å².